The molecule has 184 valence electrons. The zero-order valence-corrected chi connectivity index (χ0v) is 19.2. The van der Waals surface area contributed by atoms with Crippen molar-refractivity contribution in [3.05, 3.63) is 69.6 Å². The molecule has 0 aliphatic carbocycles. The van der Waals surface area contributed by atoms with Crippen molar-refractivity contribution in [3.8, 4) is 5.82 Å². The van der Waals surface area contributed by atoms with Crippen molar-refractivity contribution >= 4 is 35.2 Å². The molecule has 0 aliphatic heterocycles. The average Bonchev–Trinajstić information content (AvgIpc) is 3.25. The number of aryl methyl sites for hydroxylation is 2. The highest BCUT2D eigenvalue weighted by Gasteiger charge is 2.36. The van der Waals surface area contributed by atoms with E-state index in [4.69, 9.17) is 11.6 Å². The number of nitrogens with one attached hydrogen (secondary N) is 3. The number of anilines is 1. The third-order valence-electron chi connectivity index (χ3n) is 4.60. The number of carbonyl (C=O) groups is 3. The number of hydrogen-bond donors (Lipinski definition) is 3. The van der Waals surface area contributed by atoms with Gasteiger partial charge in [0.25, 0.3) is 11.8 Å². The summed E-state index contributed by atoms with van der Waals surface area (Å²) in [6, 6.07) is 6.45. The van der Waals surface area contributed by atoms with E-state index in [1.807, 2.05) is 5.43 Å². The number of hydrazine groups is 1. The molecule has 3 aromatic rings. The minimum atomic E-state index is -4.86. The Kier molecular flexibility index (Phi) is 7.29. The van der Waals surface area contributed by atoms with Gasteiger partial charge in [-0.25, -0.2) is 19.9 Å². The van der Waals surface area contributed by atoms with Gasteiger partial charge in [-0.2, -0.15) is 18.3 Å². The second kappa shape index (κ2) is 10.0. The summed E-state index contributed by atoms with van der Waals surface area (Å²) in [6.45, 7) is 3.28. The molecule has 2 aromatic heterocycles. The van der Waals surface area contributed by atoms with Crippen LogP contribution in [0.1, 0.15) is 37.7 Å². The maximum absolute atomic E-state index is 13.4. The molecule has 3 rings (SSSR count). The molecule has 10 nitrogen and oxygen atoms in total. The van der Waals surface area contributed by atoms with Crippen LogP contribution in [0.25, 0.3) is 5.82 Å². The first-order valence-corrected chi connectivity index (χ1v) is 10.1. The van der Waals surface area contributed by atoms with E-state index in [9.17, 15) is 27.6 Å². The fraction of sp³-hybridized carbons (Fsp3) is 0.190. The molecule has 0 atom stereocenters. The molecule has 0 radical (unpaired) electrons. The van der Waals surface area contributed by atoms with E-state index >= 15 is 0 Å². The number of hydrogen-bond acceptors (Lipinski definition) is 6. The molecule has 0 saturated carbocycles. The molecule has 0 unspecified atom stereocenters. The topological polar surface area (TPSA) is 127 Å². The van der Waals surface area contributed by atoms with Crippen LogP contribution in [-0.2, 0) is 10.9 Å². The van der Waals surface area contributed by atoms with Gasteiger partial charge in [-0.3, -0.25) is 15.0 Å². The van der Waals surface area contributed by atoms with Gasteiger partial charge in [0.05, 0.1) is 23.4 Å². The van der Waals surface area contributed by atoms with Crippen LogP contribution in [0.4, 0.5) is 23.7 Å². The van der Waals surface area contributed by atoms with Gasteiger partial charge >= 0.3 is 12.3 Å². The second-order valence-corrected chi connectivity index (χ2v) is 7.57. The van der Waals surface area contributed by atoms with E-state index in [0.717, 1.165) is 7.11 Å². The summed E-state index contributed by atoms with van der Waals surface area (Å²) in [7, 11) is 1.09. The van der Waals surface area contributed by atoms with Gasteiger partial charge in [-0.05, 0) is 43.2 Å². The smallest absolute Gasteiger partial charge is 0.435 e. The van der Waals surface area contributed by atoms with Crippen molar-refractivity contribution in [1.82, 2.24) is 25.6 Å². The van der Waals surface area contributed by atoms with Gasteiger partial charge in [0, 0.05) is 12.3 Å². The summed E-state index contributed by atoms with van der Waals surface area (Å²) in [4.78, 5) is 41.0. The van der Waals surface area contributed by atoms with Gasteiger partial charge in [0.2, 0.25) is 0 Å². The SMILES string of the molecule is COC(=O)NNC(=O)c1cc(C)cc(C)c1NC(=O)c1cc(C(F)(F)F)nn1-c1ncccc1Cl. The minimum Gasteiger partial charge on any atom is -0.452 e. The number of alkyl halides is 3. The first kappa shape index (κ1) is 25.5. The Labute approximate surface area is 201 Å². The highest BCUT2D eigenvalue weighted by atomic mass is 35.5. The number of ether oxygens (including phenoxy) is 1. The molecule has 0 aliphatic rings. The summed E-state index contributed by atoms with van der Waals surface area (Å²) in [6.07, 6.45) is -4.52. The quantitative estimate of drug-likeness (QED) is 0.458. The van der Waals surface area contributed by atoms with Gasteiger partial charge in [0.15, 0.2) is 11.5 Å². The van der Waals surface area contributed by atoms with Crippen molar-refractivity contribution in [2.24, 2.45) is 0 Å². The van der Waals surface area contributed by atoms with Gasteiger partial charge in [0.1, 0.15) is 5.69 Å². The fourth-order valence-electron chi connectivity index (χ4n) is 3.09. The highest BCUT2D eigenvalue weighted by Crippen LogP contribution is 2.31. The number of pyridine rings is 1. The van der Waals surface area contributed by atoms with Crippen LogP contribution in [0.2, 0.25) is 5.02 Å². The van der Waals surface area contributed by atoms with E-state index in [0.29, 0.717) is 21.9 Å². The molecular formula is C21H18ClF3N6O4. The Morgan fingerprint density at radius 1 is 1.09 bits per heavy atom. The summed E-state index contributed by atoms with van der Waals surface area (Å²) in [5.74, 6) is -2.03. The van der Waals surface area contributed by atoms with E-state index in [1.54, 1.807) is 19.9 Å². The Morgan fingerprint density at radius 2 is 1.80 bits per heavy atom. The summed E-state index contributed by atoms with van der Waals surface area (Å²) >= 11 is 6.07. The predicted molar refractivity (Wildman–Crippen MR) is 118 cm³/mol. The lowest BCUT2D eigenvalue weighted by atomic mass is 10.0. The van der Waals surface area contributed by atoms with Crippen LogP contribution < -0.4 is 16.2 Å². The molecule has 1 aromatic carbocycles. The van der Waals surface area contributed by atoms with Crippen LogP contribution in [0.5, 0.6) is 0 Å². The number of nitrogens with zero attached hydrogens (tertiary/aromatic N) is 3. The normalized spacial score (nSPS) is 11.1. The first-order valence-electron chi connectivity index (χ1n) is 9.77. The molecule has 0 bridgehead atoms. The monoisotopic (exact) mass is 510 g/mol. The number of amides is 3. The summed E-state index contributed by atoms with van der Waals surface area (Å²) in [5, 5.41) is 5.88. The molecule has 14 heteroatoms. The zero-order valence-electron chi connectivity index (χ0n) is 18.5. The van der Waals surface area contributed by atoms with E-state index in [-0.39, 0.29) is 22.1 Å². The van der Waals surface area contributed by atoms with Crippen molar-refractivity contribution < 1.29 is 32.3 Å². The Morgan fingerprint density at radius 3 is 2.43 bits per heavy atom. The third-order valence-corrected chi connectivity index (χ3v) is 4.89. The predicted octanol–water partition coefficient (Wildman–Crippen LogP) is 3.81. The summed E-state index contributed by atoms with van der Waals surface area (Å²) < 4.78 is 45.2. The Bertz CT molecular complexity index is 1310. The summed E-state index contributed by atoms with van der Waals surface area (Å²) in [5.41, 5.74) is 3.26. The molecule has 2 heterocycles. The number of benzene rings is 1. The maximum atomic E-state index is 13.4. The van der Waals surface area contributed by atoms with Crippen LogP contribution in [-0.4, -0.2) is 39.8 Å². The number of carbonyl (C=O) groups excluding carboxylic acids is 3. The third kappa shape index (κ3) is 5.69. The Balaban J connectivity index is 2.04. The van der Waals surface area contributed by atoms with Crippen molar-refractivity contribution in [3.63, 3.8) is 0 Å². The maximum Gasteiger partial charge on any atom is 0.435 e. The lowest BCUT2D eigenvalue weighted by Crippen LogP contribution is -2.42. The van der Waals surface area contributed by atoms with Crippen LogP contribution in [0.15, 0.2) is 36.5 Å². The molecule has 0 saturated heterocycles. The van der Waals surface area contributed by atoms with Crippen LogP contribution in [0.3, 0.4) is 0 Å². The van der Waals surface area contributed by atoms with Crippen molar-refractivity contribution in [1.29, 1.82) is 0 Å². The number of halogens is 4. The first-order chi connectivity index (χ1) is 16.4. The van der Waals surface area contributed by atoms with Crippen molar-refractivity contribution in [2.75, 3.05) is 12.4 Å². The number of aromatic nitrogens is 3. The molecule has 35 heavy (non-hydrogen) atoms. The minimum absolute atomic E-state index is 0.00167. The van der Waals surface area contributed by atoms with Crippen molar-refractivity contribution in [2.45, 2.75) is 20.0 Å². The van der Waals surface area contributed by atoms with E-state index < -0.39 is 35.5 Å². The highest BCUT2D eigenvalue weighted by molar-refractivity contribution is 6.32. The lowest BCUT2D eigenvalue weighted by molar-refractivity contribution is -0.141. The largest absolute Gasteiger partial charge is 0.452 e. The molecule has 0 fully saturated rings. The van der Waals surface area contributed by atoms with Crippen LogP contribution >= 0.6 is 11.6 Å². The second-order valence-electron chi connectivity index (χ2n) is 7.16. The van der Waals surface area contributed by atoms with Gasteiger partial charge in [-0.15, -0.1) is 0 Å². The molecule has 3 amide bonds. The van der Waals surface area contributed by atoms with E-state index in [1.165, 1.54) is 24.4 Å². The van der Waals surface area contributed by atoms with Gasteiger partial charge in [-0.1, -0.05) is 17.7 Å². The molecular weight excluding hydrogens is 493 g/mol. The fourth-order valence-corrected chi connectivity index (χ4v) is 3.29. The van der Waals surface area contributed by atoms with E-state index in [2.05, 4.69) is 25.6 Å². The number of methoxy groups -OCH3 is 1. The van der Waals surface area contributed by atoms with Crippen LogP contribution in [0, 0.1) is 13.8 Å². The average molecular weight is 511 g/mol. The Hall–Kier alpha value is -4.13. The standard InChI is InChI=1S/C21H18ClF3N6O4/c1-10-7-11(2)16(12(8-10)18(32)28-29-20(34)35-3)27-19(33)14-9-15(21(23,24)25)30-31(14)17-13(22)5-4-6-26-17/h4-9H,1-3H3,(H,27,33)(H,28,32)(H,29,34). The van der Waals surface area contributed by atoms with Gasteiger partial charge < -0.3 is 10.1 Å². The number of rotatable bonds is 4. The molecule has 3 N–H and O–H groups in total. The lowest BCUT2D eigenvalue weighted by Gasteiger charge is -2.16. The zero-order chi connectivity index (χ0) is 25.9. The molecule has 0 spiro atoms.